The van der Waals surface area contributed by atoms with Gasteiger partial charge in [-0.05, 0) is 0 Å². The van der Waals surface area contributed by atoms with Gasteiger partial charge in [-0.25, -0.2) is 20.9 Å². The molecule has 0 amide bonds. The Morgan fingerprint density at radius 3 is 1.21 bits per heavy atom. The highest BCUT2D eigenvalue weighted by Gasteiger charge is 2.16. The maximum atomic E-state index is 9.37. The number of nitrogens with one attached hydrogen (secondary N) is 2. The first-order valence-electron chi connectivity index (χ1n) is 12.9. The Labute approximate surface area is 221 Å². The highest BCUT2D eigenvalue weighted by molar-refractivity contribution is 5.83. The fraction of sp³-hybridized carbons (Fsp3) is 0.667. The van der Waals surface area contributed by atoms with Gasteiger partial charge >= 0.3 is 0 Å². The molecule has 3 aliphatic rings. The first-order valence-corrected chi connectivity index (χ1v) is 12.9. The van der Waals surface area contributed by atoms with E-state index in [1.54, 1.807) is 12.1 Å². The maximum absolute atomic E-state index is 9.37. The van der Waals surface area contributed by atoms with Crippen molar-refractivity contribution in [3.63, 3.8) is 0 Å². The van der Waals surface area contributed by atoms with Crippen molar-refractivity contribution in [2.45, 2.75) is 0 Å². The van der Waals surface area contributed by atoms with Crippen LogP contribution < -0.4 is 20.4 Å². The molecular weight excluding hydrogens is 500 g/mol. The summed E-state index contributed by atoms with van der Waals surface area (Å²) >= 11 is 0. The van der Waals surface area contributed by atoms with Crippen molar-refractivity contribution in [2.75, 3.05) is 116 Å². The average Bonchev–Trinajstić information content (AvgIpc) is 2.93. The lowest BCUT2D eigenvalue weighted by Crippen LogP contribution is -2.36. The minimum absolute atomic E-state index is 0.0197. The summed E-state index contributed by atoms with van der Waals surface area (Å²) in [4.78, 5) is 13.1. The van der Waals surface area contributed by atoms with E-state index in [1.165, 1.54) is 0 Å². The standard InChI is InChI=1S/C24H38N6O8/c31-27-23-24(28-32)26-20-18-22-21(17-19(20)25-23)37-11-5-29-1-7-33-13-14-35-9-3-30(6-12-38-22)4-10-36-16-15-34-8-2-29/h17-18,31-32H,1-16H2,(H,25,27)(H,26,28). The molecule has 14 nitrogen and oxygen atoms in total. The van der Waals surface area contributed by atoms with Crippen LogP contribution in [0.5, 0.6) is 11.5 Å². The molecule has 4 N–H and O–H groups in total. The minimum Gasteiger partial charge on any atom is -0.488 e. The van der Waals surface area contributed by atoms with Crippen LogP contribution in [0.15, 0.2) is 12.1 Å². The zero-order valence-electron chi connectivity index (χ0n) is 21.6. The van der Waals surface area contributed by atoms with E-state index in [0.29, 0.717) is 102 Å². The predicted molar refractivity (Wildman–Crippen MR) is 138 cm³/mol. The Morgan fingerprint density at radius 1 is 0.526 bits per heavy atom. The number of fused-ring (bicyclic) bond motifs is 19. The number of aromatic nitrogens is 2. The second kappa shape index (κ2) is 15.8. The number of nitrogens with zero attached hydrogens (tertiary/aromatic N) is 4. The summed E-state index contributed by atoms with van der Waals surface area (Å²) in [6, 6.07) is 3.43. The molecule has 38 heavy (non-hydrogen) atoms. The molecule has 1 aromatic carbocycles. The average molecular weight is 539 g/mol. The van der Waals surface area contributed by atoms with Gasteiger partial charge in [-0.1, -0.05) is 0 Å². The molecule has 1 aromatic heterocycles. The number of rotatable bonds is 2. The number of hydrogen-bond acceptors (Lipinski definition) is 14. The van der Waals surface area contributed by atoms with E-state index >= 15 is 0 Å². The largest absolute Gasteiger partial charge is 0.488 e. The lowest BCUT2D eigenvalue weighted by molar-refractivity contribution is 0.00506. The topological polar surface area (TPSA) is 152 Å². The Morgan fingerprint density at radius 2 is 0.868 bits per heavy atom. The molecule has 14 heteroatoms. The van der Waals surface area contributed by atoms with Crippen LogP contribution in [0.3, 0.4) is 0 Å². The second-order valence-electron chi connectivity index (χ2n) is 8.76. The summed E-state index contributed by atoms with van der Waals surface area (Å²) in [5.41, 5.74) is 4.79. The van der Waals surface area contributed by atoms with Gasteiger partial charge in [-0.2, -0.15) is 0 Å². The SMILES string of the molecule is ONc1nc2cc3c(cc2nc1NO)OCCN1CCOCCOCCN(CCOCCOCC1)CCO3. The second-order valence-corrected chi connectivity index (χ2v) is 8.76. The van der Waals surface area contributed by atoms with E-state index in [-0.39, 0.29) is 11.6 Å². The number of hydrogen-bond donors (Lipinski definition) is 4. The first-order chi connectivity index (χ1) is 18.8. The summed E-state index contributed by atoms with van der Waals surface area (Å²) < 4.78 is 35.5. The molecule has 4 heterocycles. The highest BCUT2D eigenvalue weighted by atomic mass is 16.5. The third-order valence-corrected chi connectivity index (χ3v) is 6.22. The zero-order valence-corrected chi connectivity index (χ0v) is 21.6. The Bertz CT molecular complexity index is 890. The molecule has 0 radical (unpaired) electrons. The van der Waals surface area contributed by atoms with Gasteiger partial charge in [-0.15, -0.1) is 0 Å². The van der Waals surface area contributed by atoms with E-state index in [2.05, 4.69) is 19.8 Å². The van der Waals surface area contributed by atoms with Gasteiger partial charge in [0, 0.05) is 51.4 Å². The van der Waals surface area contributed by atoms with Gasteiger partial charge < -0.3 is 28.4 Å². The molecule has 0 aliphatic carbocycles. The maximum Gasteiger partial charge on any atom is 0.195 e. The number of benzene rings is 1. The summed E-state index contributed by atoms with van der Waals surface area (Å²) in [7, 11) is 0. The summed E-state index contributed by atoms with van der Waals surface area (Å²) in [6.45, 7) is 9.51. The van der Waals surface area contributed by atoms with Gasteiger partial charge in [-0.3, -0.25) is 20.2 Å². The van der Waals surface area contributed by atoms with Gasteiger partial charge in [0.25, 0.3) is 0 Å². The normalized spacial score (nSPS) is 23.4. The fourth-order valence-corrected chi connectivity index (χ4v) is 4.10. The van der Waals surface area contributed by atoms with Crippen LogP contribution in [-0.4, -0.2) is 136 Å². The predicted octanol–water partition coefficient (Wildman–Crippen LogP) is 0.687. The van der Waals surface area contributed by atoms with E-state index < -0.39 is 0 Å². The van der Waals surface area contributed by atoms with Crippen LogP contribution in [0.25, 0.3) is 11.0 Å². The van der Waals surface area contributed by atoms with Crippen molar-refractivity contribution >= 4 is 22.7 Å². The molecule has 3 aliphatic heterocycles. The molecule has 0 saturated carbocycles. The monoisotopic (exact) mass is 538 g/mol. The molecule has 0 atom stereocenters. The summed E-state index contributed by atoms with van der Waals surface area (Å²) in [5, 5.41) is 18.7. The quantitative estimate of drug-likeness (QED) is 0.397. The molecule has 0 unspecified atom stereocenters. The third kappa shape index (κ3) is 8.74. The molecule has 2 aromatic rings. The lowest BCUT2D eigenvalue weighted by atomic mass is 10.2. The van der Waals surface area contributed by atoms with E-state index in [0.717, 1.165) is 26.2 Å². The van der Waals surface area contributed by atoms with Crippen molar-refractivity contribution in [3.05, 3.63) is 12.1 Å². The summed E-state index contributed by atoms with van der Waals surface area (Å²) in [6.07, 6.45) is 0. The summed E-state index contributed by atoms with van der Waals surface area (Å²) in [5.74, 6) is 0.976. The van der Waals surface area contributed by atoms with Crippen molar-refractivity contribution in [2.24, 2.45) is 0 Å². The number of anilines is 2. The lowest BCUT2D eigenvalue weighted by Gasteiger charge is -2.25. The van der Waals surface area contributed by atoms with Crippen molar-refractivity contribution in [1.29, 1.82) is 0 Å². The highest BCUT2D eigenvalue weighted by Crippen LogP contribution is 2.33. The van der Waals surface area contributed by atoms with E-state index in [9.17, 15) is 10.4 Å². The van der Waals surface area contributed by atoms with E-state index in [1.807, 2.05) is 11.0 Å². The van der Waals surface area contributed by atoms with Crippen LogP contribution >= 0.6 is 0 Å². The van der Waals surface area contributed by atoms with Crippen molar-refractivity contribution in [1.82, 2.24) is 19.8 Å². The van der Waals surface area contributed by atoms with Crippen molar-refractivity contribution < 1.29 is 38.8 Å². The minimum atomic E-state index is -0.0197. The zero-order chi connectivity index (χ0) is 26.4. The molecular formula is C24H38N6O8. The van der Waals surface area contributed by atoms with Crippen LogP contribution in [0.2, 0.25) is 0 Å². The van der Waals surface area contributed by atoms with Crippen molar-refractivity contribution in [3.8, 4) is 11.5 Å². The third-order valence-electron chi connectivity index (χ3n) is 6.22. The van der Waals surface area contributed by atoms with Crippen LogP contribution in [0, 0.1) is 0 Å². The van der Waals surface area contributed by atoms with Gasteiger partial charge in [0.1, 0.15) is 13.2 Å². The molecule has 212 valence electrons. The molecule has 0 spiro atoms. The molecule has 5 rings (SSSR count). The molecule has 2 bridgehead atoms. The smallest absolute Gasteiger partial charge is 0.195 e. The molecule has 1 saturated heterocycles. The number of ether oxygens (including phenoxy) is 6. The Balaban J connectivity index is 1.59. The fourth-order valence-electron chi connectivity index (χ4n) is 4.10. The van der Waals surface area contributed by atoms with Crippen LogP contribution in [-0.2, 0) is 18.9 Å². The van der Waals surface area contributed by atoms with Gasteiger partial charge in [0.05, 0.1) is 63.9 Å². The Hall–Kier alpha value is -2.56. The first kappa shape index (κ1) is 28.4. The molecule has 1 fully saturated rings. The van der Waals surface area contributed by atoms with Gasteiger partial charge in [0.15, 0.2) is 23.1 Å². The Kier molecular flexibility index (Phi) is 11.8. The van der Waals surface area contributed by atoms with Gasteiger partial charge in [0.2, 0.25) is 0 Å². The van der Waals surface area contributed by atoms with Crippen LogP contribution in [0.4, 0.5) is 11.6 Å². The van der Waals surface area contributed by atoms with E-state index in [4.69, 9.17) is 28.4 Å². The van der Waals surface area contributed by atoms with Crippen LogP contribution in [0.1, 0.15) is 0 Å².